The summed E-state index contributed by atoms with van der Waals surface area (Å²) in [5.74, 6) is 0. The Labute approximate surface area is 93.3 Å². The summed E-state index contributed by atoms with van der Waals surface area (Å²) in [5.41, 5.74) is 2.83. The van der Waals surface area contributed by atoms with E-state index >= 15 is 0 Å². The summed E-state index contributed by atoms with van der Waals surface area (Å²) < 4.78 is 0. The van der Waals surface area contributed by atoms with Gasteiger partial charge in [0, 0.05) is 12.1 Å². The highest BCUT2D eigenvalue weighted by Gasteiger charge is 1.97. The number of halogens is 1. The number of rotatable bonds is 8. The summed E-state index contributed by atoms with van der Waals surface area (Å²) in [4.78, 5) is 2.44. The molecule has 0 saturated heterocycles. The average molecular weight is 219 g/mol. The molecule has 2 nitrogen and oxygen atoms in total. The highest BCUT2D eigenvalue weighted by molar-refractivity contribution is 6.25. The van der Waals surface area contributed by atoms with Gasteiger partial charge >= 0.3 is 0 Å². The van der Waals surface area contributed by atoms with Crippen LogP contribution in [0.3, 0.4) is 0 Å². The quantitative estimate of drug-likeness (QED) is 0.630. The van der Waals surface area contributed by atoms with E-state index in [1.165, 1.54) is 18.5 Å². The number of hydrogen-bond donors (Lipinski definition) is 1. The molecule has 0 radical (unpaired) electrons. The lowest BCUT2D eigenvalue weighted by Crippen LogP contribution is -2.27. The Morgan fingerprint density at radius 2 is 2.00 bits per heavy atom. The fraction of sp³-hybridized carbons (Fsp3) is 0.818. The summed E-state index contributed by atoms with van der Waals surface area (Å²) in [5, 5.41) is 3.36. The number of hydrogen-bond acceptors (Lipinski definition) is 2. The molecule has 0 aliphatic rings. The molecular weight excluding hydrogens is 196 g/mol. The minimum atomic E-state index is 0.905. The van der Waals surface area contributed by atoms with Gasteiger partial charge in [0.2, 0.25) is 0 Å². The van der Waals surface area contributed by atoms with Gasteiger partial charge in [0.25, 0.3) is 0 Å². The summed E-state index contributed by atoms with van der Waals surface area (Å²) in [6.07, 6.45) is 1.21. The van der Waals surface area contributed by atoms with Crippen molar-refractivity contribution in [1.82, 2.24) is 10.2 Å². The predicted octanol–water partition coefficient (Wildman–Crippen LogP) is 2.45. The first-order chi connectivity index (χ1) is 6.74. The highest BCUT2D eigenvalue weighted by Crippen LogP contribution is 1.93. The van der Waals surface area contributed by atoms with Gasteiger partial charge in [-0.3, -0.25) is 0 Å². The first-order valence-electron chi connectivity index (χ1n) is 5.43. The third-order valence-electron chi connectivity index (χ3n) is 2.31. The standard InChI is InChI=1S/C11H23ClN2/c1-4-14(5-2)8-6-7-13-10-11(3)9-12/h9,13H,4-8,10H2,1-3H3. The molecular formula is C11H23ClN2. The maximum absolute atomic E-state index is 5.55. The molecule has 0 aliphatic carbocycles. The van der Waals surface area contributed by atoms with Crippen LogP contribution in [0.1, 0.15) is 27.2 Å². The van der Waals surface area contributed by atoms with Crippen LogP contribution >= 0.6 is 11.6 Å². The van der Waals surface area contributed by atoms with Crippen LogP contribution in [0.5, 0.6) is 0 Å². The summed E-state index contributed by atoms with van der Waals surface area (Å²) in [6.45, 7) is 11.9. The zero-order chi connectivity index (χ0) is 10.8. The molecule has 0 aromatic heterocycles. The Bertz CT molecular complexity index is 153. The van der Waals surface area contributed by atoms with Gasteiger partial charge in [0.05, 0.1) is 0 Å². The smallest absolute Gasteiger partial charge is 0.0173 e. The lowest BCUT2D eigenvalue weighted by atomic mass is 10.3. The van der Waals surface area contributed by atoms with E-state index in [1.54, 1.807) is 5.54 Å². The van der Waals surface area contributed by atoms with Crippen molar-refractivity contribution in [3.63, 3.8) is 0 Å². The molecule has 0 amide bonds. The Morgan fingerprint density at radius 1 is 1.36 bits per heavy atom. The monoisotopic (exact) mass is 218 g/mol. The molecule has 14 heavy (non-hydrogen) atoms. The molecule has 0 unspecified atom stereocenters. The van der Waals surface area contributed by atoms with Gasteiger partial charge in [-0.25, -0.2) is 0 Å². The van der Waals surface area contributed by atoms with E-state index < -0.39 is 0 Å². The van der Waals surface area contributed by atoms with Crippen molar-refractivity contribution in [3.05, 3.63) is 11.1 Å². The van der Waals surface area contributed by atoms with Crippen LogP contribution in [-0.4, -0.2) is 37.6 Å². The van der Waals surface area contributed by atoms with E-state index in [2.05, 4.69) is 24.1 Å². The Morgan fingerprint density at radius 3 is 2.50 bits per heavy atom. The second-order valence-corrected chi connectivity index (χ2v) is 3.73. The molecule has 84 valence electrons. The van der Waals surface area contributed by atoms with Gasteiger partial charge < -0.3 is 10.2 Å². The van der Waals surface area contributed by atoms with Gasteiger partial charge in [-0.2, -0.15) is 0 Å². The third-order valence-corrected chi connectivity index (χ3v) is 2.68. The van der Waals surface area contributed by atoms with Crippen molar-refractivity contribution in [2.24, 2.45) is 0 Å². The minimum absolute atomic E-state index is 0.905. The van der Waals surface area contributed by atoms with E-state index in [1.807, 2.05) is 6.92 Å². The lowest BCUT2D eigenvalue weighted by Gasteiger charge is -2.17. The fourth-order valence-electron chi connectivity index (χ4n) is 1.29. The third kappa shape index (κ3) is 7.36. The molecule has 0 aromatic rings. The van der Waals surface area contributed by atoms with Gasteiger partial charge in [-0.05, 0) is 45.1 Å². The normalized spacial score (nSPS) is 12.5. The number of nitrogens with one attached hydrogen (secondary N) is 1. The zero-order valence-corrected chi connectivity index (χ0v) is 10.4. The van der Waals surface area contributed by atoms with Crippen LogP contribution in [0, 0.1) is 0 Å². The first kappa shape index (κ1) is 13.9. The second kappa shape index (κ2) is 9.50. The van der Waals surface area contributed by atoms with Gasteiger partial charge in [0.1, 0.15) is 0 Å². The van der Waals surface area contributed by atoms with E-state index in [9.17, 15) is 0 Å². The molecule has 0 aromatic carbocycles. The first-order valence-corrected chi connectivity index (χ1v) is 5.87. The van der Waals surface area contributed by atoms with E-state index in [0.29, 0.717) is 0 Å². The molecule has 0 atom stereocenters. The topological polar surface area (TPSA) is 15.3 Å². The highest BCUT2D eigenvalue weighted by atomic mass is 35.5. The Hall–Kier alpha value is -0.0500. The van der Waals surface area contributed by atoms with Gasteiger partial charge in [-0.15, -0.1) is 0 Å². The maximum atomic E-state index is 5.55. The van der Waals surface area contributed by atoms with Gasteiger partial charge in [0.15, 0.2) is 0 Å². The second-order valence-electron chi connectivity index (χ2n) is 3.51. The van der Waals surface area contributed by atoms with E-state index in [0.717, 1.165) is 26.2 Å². The van der Waals surface area contributed by atoms with E-state index in [-0.39, 0.29) is 0 Å². The van der Waals surface area contributed by atoms with Crippen molar-refractivity contribution in [2.75, 3.05) is 32.7 Å². The van der Waals surface area contributed by atoms with Crippen LogP contribution in [0.25, 0.3) is 0 Å². The molecule has 0 bridgehead atoms. The largest absolute Gasteiger partial charge is 0.313 e. The molecule has 3 heteroatoms. The molecule has 0 rings (SSSR count). The summed E-state index contributed by atoms with van der Waals surface area (Å²) >= 11 is 5.55. The van der Waals surface area contributed by atoms with Gasteiger partial charge in [-0.1, -0.05) is 25.4 Å². The SMILES string of the molecule is CCN(CC)CCCNCC(C)=CCl. The Balaban J connectivity index is 3.29. The van der Waals surface area contributed by atoms with Crippen molar-refractivity contribution in [2.45, 2.75) is 27.2 Å². The molecule has 0 aliphatic heterocycles. The summed E-state index contributed by atoms with van der Waals surface area (Å²) in [7, 11) is 0. The average Bonchev–Trinajstić information content (AvgIpc) is 2.23. The fourth-order valence-corrected chi connectivity index (χ4v) is 1.37. The number of nitrogens with zero attached hydrogens (tertiary/aromatic N) is 1. The Kier molecular flexibility index (Phi) is 9.47. The van der Waals surface area contributed by atoms with Crippen LogP contribution in [0.15, 0.2) is 11.1 Å². The van der Waals surface area contributed by atoms with Crippen LogP contribution < -0.4 is 5.32 Å². The molecule has 0 spiro atoms. The maximum Gasteiger partial charge on any atom is 0.0173 e. The lowest BCUT2D eigenvalue weighted by molar-refractivity contribution is 0.298. The van der Waals surface area contributed by atoms with Crippen molar-refractivity contribution in [1.29, 1.82) is 0 Å². The van der Waals surface area contributed by atoms with Crippen LogP contribution in [0.2, 0.25) is 0 Å². The van der Waals surface area contributed by atoms with E-state index in [4.69, 9.17) is 11.6 Å². The predicted molar refractivity (Wildman–Crippen MR) is 64.9 cm³/mol. The minimum Gasteiger partial charge on any atom is -0.313 e. The molecule has 0 heterocycles. The molecule has 0 saturated carbocycles. The van der Waals surface area contributed by atoms with Crippen LogP contribution in [-0.2, 0) is 0 Å². The molecule has 1 N–H and O–H groups in total. The summed E-state index contributed by atoms with van der Waals surface area (Å²) in [6, 6.07) is 0. The van der Waals surface area contributed by atoms with Crippen molar-refractivity contribution < 1.29 is 0 Å². The van der Waals surface area contributed by atoms with Crippen molar-refractivity contribution >= 4 is 11.6 Å². The van der Waals surface area contributed by atoms with Crippen molar-refractivity contribution in [3.8, 4) is 0 Å². The zero-order valence-electron chi connectivity index (χ0n) is 9.65. The van der Waals surface area contributed by atoms with Crippen LogP contribution in [0.4, 0.5) is 0 Å². The molecule has 0 fully saturated rings.